The van der Waals surface area contributed by atoms with Crippen LogP contribution in [0.25, 0.3) is 0 Å². The second-order valence-corrected chi connectivity index (χ2v) is 3.39. The van der Waals surface area contributed by atoms with Gasteiger partial charge in [-0.25, -0.2) is 4.79 Å². The maximum atomic E-state index is 11.4. The van der Waals surface area contributed by atoms with Gasteiger partial charge >= 0.3 is 5.97 Å². The molecular formula is C11H15NO5. The summed E-state index contributed by atoms with van der Waals surface area (Å²) in [7, 11) is 0. The number of carbonyl (C=O) groups excluding carboxylic acids is 2. The number of esters is 1. The molecule has 0 saturated carbocycles. The summed E-state index contributed by atoms with van der Waals surface area (Å²) in [6.45, 7) is 3.07. The van der Waals surface area contributed by atoms with E-state index in [1.807, 2.05) is 0 Å². The van der Waals surface area contributed by atoms with Crippen molar-refractivity contribution in [2.45, 2.75) is 26.0 Å². The van der Waals surface area contributed by atoms with Crippen molar-refractivity contribution in [2.75, 3.05) is 6.61 Å². The minimum absolute atomic E-state index is 0.154. The Balaban J connectivity index is 2.83. The first-order valence-electron chi connectivity index (χ1n) is 5.21. The van der Waals surface area contributed by atoms with Crippen molar-refractivity contribution >= 4 is 11.9 Å². The van der Waals surface area contributed by atoms with Crippen molar-refractivity contribution < 1.29 is 23.8 Å². The van der Waals surface area contributed by atoms with Crippen LogP contribution in [0.4, 0.5) is 0 Å². The molecule has 0 bridgehead atoms. The van der Waals surface area contributed by atoms with E-state index in [-0.39, 0.29) is 12.5 Å². The fourth-order valence-electron chi connectivity index (χ4n) is 1.36. The zero-order chi connectivity index (χ0) is 12.8. The van der Waals surface area contributed by atoms with Crippen molar-refractivity contribution in [3.05, 3.63) is 24.2 Å². The van der Waals surface area contributed by atoms with Crippen LogP contribution < -0.4 is 5.32 Å². The van der Waals surface area contributed by atoms with Gasteiger partial charge in [-0.1, -0.05) is 0 Å². The summed E-state index contributed by atoms with van der Waals surface area (Å²) in [6.07, 6.45) is -0.104. The highest BCUT2D eigenvalue weighted by Crippen LogP contribution is 2.18. The van der Waals surface area contributed by atoms with E-state index in [0.29, 0.717) is 5.76 Å². The van der Waals surface area contributed by atoms with E-state index in [2.05, 4.69) is 10.1 Å². The average Bonchev–Trinajstić information content (AvgIpc) is 2.78. The van der Waals surface area contributed by atoms with Gasteiger partial charge in [-0.15, -0.1) is 0 Å². The number of furan rings is 1. The molecule has 6 nitrogen and oxygen atoms in total. The predicted molar refractivity (Wildman–Crippen MR) is 57.9 cm³/mol. The highest BCUT2D eigenvalue weighted by Gasteiger charge is 2.31. The quantitative estimate of drug-likeness (QED) is 0.727. The van der Waals surface area contributed by atoms with E-state index in [0.717, 1.165) is 0 Å². The fraction of sp³-hybridized carbons (Fsp3) is 0.455. The summed E-state index contributed by atoms with van der Waals surface area (Å²) in [5.41, 5.74) is 0. The van der Waals surface area contributed by atoms with Crippen molar-refractivity contribution in [1.29, 1.82) is 0 Å². The average molecular weight is 241 g/mol. The maximum absolute atomic E-state index is 11.4. The number of hydrogen-bond acceptors (Lipinski definition) is 5. The van der Waals surface area contributed by atoms with Crippen LogP contribution in [-0.2, 0) is 14.3 Å². The van der Waals surface area contributed by atoms with Gasteiger partial charge in [0.2, 0.25) is 5.91 Å². The molecule has 0 aliphatic rings. The number of hydrogen-bond donors (Lipinski definition) is 2. The molecule has 1 heterocycles. The van der Waals surface area contributed by atoms with E-state index in [1.54, 1.807) is 19.1 Å². The van der Waals surface area contributed by atoms with Crippen LogP contribution in [0.15, 0.2) is 22.8 Å². The van der Waals surface area contributed by atoms with E-state index < -0.39 is 18.1 Å². The third kappa shape index (κ3) is 3.60. The third-order valence-corrected chi connectivity index (χ3v) is 2.05. The van der Waals surface area contributed by atoms with Gasteiger partial charge in [-0.2, -0.15) is 0 Å². The van der Waals surface area contributed by atoms with Crippen LogP contribution >= 0.6 is 0 Å². The third-order valence-electron chi connectivity index (χ3n) is 2.05. The van der Waals surface area contributed by atoms with E-state index in [1.165, 1.54) is 13.2 Å². The Morgan fingerprint density at radius 3 is 2.76 bits per heavy atom. The molecular weight excluding hydrogens is 226 g/mol. The Kier molecular flexibility index (Phi) is 4.71. The van der Waals surface area contributed by atoms with Crippen LogP contribution in [0, 0.1) is 0 Å². The zero-order valence-electron chi connectivity index (χ0n) is 9.67. The molecule has 0 aliphatic heterocycles. The first kappa shape index (κ1) is 13.2. The number of aliphatic hydroxyl groups excluding tert-OH is 1. The molecule has 6 heteroatoms. The van der Waals surface area contributed by atoms with Crippen LogP contribution in [0.2, 0.25) is 0 Å². The lowest BCUT2D eigenvalue weighted by Gasteiger charge is -2.20. The molecule has 0 fully saturated rings. The molecule has 0 spiro atoms. The Hall–Kier alpha value is -1.82. The van der Waals surface area contributed by atoms with Crippen molar-refractivity contribution in [1.82, 2.24) is 5.32 Å². The maximum Gasteiger partial charge on any atom is 0.337 e. The van der Waals surface area contributed by atoms with E-state index in [4.69, 9.17) is 4.42 Å². The number of aliphatic hydroxyl groups is 1. The molecule has 0 aliphatic carbocycles. The number of amides is 1. The van der Waals surface area contributed by atoms with Crippen molar-refractivity contribution in [3.8, 4) is 0 Å². The van der Waals surface area contributed by atoms with Gasteiger partial charge in [0.15, 0.2) is 6.10 Å². The van der Waals surface area contributed by atoms with Crippen LogP contribution in [-0.4, -0.2) is 29.7 Å². The topological polar surface area (TPSA) is 88.8 Å². The molecule has 17 heavy (non-hydrogen) atoms. The zero-order valence-corrected chi connectivity index (χ0v) is 9.67. The molecule has 1 aromatic rings. The lowest BCUT2D eigenvalue weighted by atomic mass is 10.1. The summed E-state index contributed by atoms with van der Waals surface area (Å²) in [6, 6.07) is 2.21. The molecule has 1 amide bonds. The number of nitrogens with one attached hydrogen (secondary N) is 1. The molecule has 2 atom stereocenters. The SMILES string of the molecule is CCOC(=O)[C@H](O)[C@@H](NC(C)=O)c1ccco1. The minimum Gasteiger partial charge on any atom is -0.467 e. The van der Waals surface area contributed by atoms with Gasteiger partial charge in [0.25, 0.3) is 0 Å². The highest BCUT2D eigenvalue weighted by molar-refractivity contribution is 5.78. The van der Waals surface area contributed by atoms with Crippen molar-refractivity contribution in [3.63, 3.8) is 0 Å². The predicted octanol–water partition coefficient (Wildman–Crippen LogP) is 0.381. The smallest absolute Gasteiger partial charge is 0.337 e. The Labute approximate surface area is 98.6 Å². The summed E-state index contributed by atoms with van der Waals surface area (Å²) >= 11 is 0. The fourth-order valence-corrected chi connectivity index (χ4v) is 1.36. The molecule has 1 rings (SSSR count). The molecule has 2 N–H and O–H groups in total. The standard InChI is InChI=1S/C11H15NO5/c1-3-16-11(15)10(14)9(12-7(2)13)8-5-4-6-17-8/h4-6,9-10,14H,3H2,1-2H3,(H,12,13)/t9-,10+/m0/s1. The second kappa shape index (κ2) is 6.05. The van der Waals surface area contributed by atoms with E-state index in [9.17, 15) is 14.7 Å². The summed E-state index contributed by atoms with van der Waals surface area (Å²) < 4.78 is 9.75. The molecule has 0 aromatic carbocycles. The Morgan fingerprint density at radius 1 is 1.59 bits per heavy atom. The molecule has 0 saturated heterocycles. The summed E-state index contributed by atoms with van der Waals surface area (Å²) in [5.74, 6) is -0.891. The van der Waals surface area contributed by atoms with Crippen LogP contribution in [0.5, 0.6) is 0 Å². The van der Waals surface area contributed by atoms with Crippen LogP contribution in [0.1, 0.15) is 25.6 Å². The summed E-state index contributed by atoms with van der Waals surface area (Å²) in [4.78, 5) is 22.4. The monoisotopic (exact) mass is 241 g/mol. The first-order chi connectivity index (χ1) is 8.06. The van der Waals surface area contributed by atoms with Gasteiger partial charge in [-0.05, 0) is 19.1 Å². The normalized spacial score (nSPS) is 13.8. The molecule has 0 unspecified atom stereocenters. The summed E-state index contributed by atoms with van der Waals surface area (Å²) in [5, 5.41) is 12.2. The van der Waals surface area contributed by atoms with Gasteiger partial charge < -0.3 is 19.6 Å². The van der Waals surface area contributed by atoms with Gasteiger partial charge in [0, 0.05) is 6.92 Å². The van der Waals surface area contributed by atoms with Gasteiger partial charge in [0.05, 0.1) is 12.9 Å². The lowest BCUT2D eigenvalue weighted by Crippen LogP contribution is -2.40. The number of rotatable bonds is 5. The van der Waals surface area contributed by atoms with Crippen molar-refractivity contribution in [2.24, 2.45) is 0 Å². The molecule has 94 valence electrons. The largest absolute Gasteiger partial charge is 0.467 e. The minimum atomic E-state index is -1.50. The van der Waals surface area contributed by atoms with Gasteiger partial charge in [0.1, 0.15) is 11.8 Å². The Morgan fingerprint density at radius 2 is 2.29 bits per heavy atom. The first-order valence-corrected chi connectivity index (χ1v) is 5.21. The van der Waals surface area contributed by atoms with E-state index >= 15 is 0 Å². The molecule has 0 radical (unpaired) electrons. The highest BCUT2D eigenvalue weighted by atomic mass is 16.5. The van der Waals surface area contributed by atoms with Crippen LogP contribution in [0.3, 0.4) is 0 Å². The Bertz CT molecular complexity index is 373. The number of ether oxygens (including phenoxy) is 1. The number of carbonyl (C=O) groups is 2. The molecule has 1 aromatic heterocycles. The lowest BCUT2D eigenvalue weighted by molar-refractivity contribution is -0.155. The second-order valence-electron chi connectivity index (χ2n) is 3.39. The van der Waals surface area contributed by atoms with Gasteiger partial charge in [-0.3, -0.25) is 4.79 Å².